The van der Waals surface area contributed by atoms with E-state index in [0.717, 1.165) is 0 Å². The zero-order valence-electron chi connectivity index (χ0n) is 5.65. The van der Waals surface area contributed by atoms with Crippen LogP contribution in [-0.2, 0) is 0 Å². The highest BCUT2D eigenvalue weighted by Crippen LogP contribution is 2.02. The molecule has 0 amide bonds. The first-order valence-electron chi connectivity index (χ1n) is 2.94. The monoisotopic (exact) mass is 129 g/mol. The van der Waals surface area contributed by atoms with E-state index < -0.39 is 6.10 Å². The van der Waals surface area contributed by atoms with E-state index in [4.69, 9.17) is 10.6 Å². The van der Waals surface area contributed by atoms with Crippen LogP contribution in [0.3, 0.4) is 0 Å². The van der Waals surface area contributed by atoms with Crippen LogP contribution in [0.25, 0.3) is 10.4 Å². The fourth-order valence-electron chi connectivity index (χ4n) is 0.586. The Kier molecular flexibility index (Phi) is 3.84. The molecule has 0 saturated heterocycles. The molecule has 0 aliphatic carbocycles. The number of aliphatic hydroxyl groups is 1. The number of aliphatic hydroxyl groups excluding tert-OH is 1. The fraction of sp³-hybridized carbons (Fsp3) is 1.00. The first-order valence-corrected chi connectivity index (χ1v) is 2.94. The molecule has 0 bridgehead atoms. The zero-order valence-corrected chi connectivity index (χ0v) is 5.65. The summed E-state index contributed by atoms with van der Waals surface area (Å²) in [6.45, 7) is 3.48. The van der Waals surface area contributed by atoms with Gasteiger partial charge in [-0.1, -0.05) is 12.0 Å². The molecule has 52 valence electrons. The second-order valence-corrected chi connectivity index (χ2v) is 1.92. The van der Waals surface area contributed by atoms with Crippen molar-refractivity contribution in [1.82, 2.24) is 0 Å². The van der Waals surface area contributed by atoms with Gasteiger partial charge in [0.2, 0.25) is 0 Å². The third-order valence-corrected chi connectivity index (χ3v) is 1.18. The smallest absolute Gasteiger partial charge is 0.0628 e. The Morgan fingerprint density at radius 2 is 2.33 bits per heavy atom. The minimum absolute atomic E-state index is 0.269. The molecule has 0 saturated carbocycles. The van der Waals surface area contributed by atoms with Crippen molar-refractivity contribution in [1.29, 1.82) is 0 Å². The Morgan fingerprint density at radius 3 is 2.44 bits per heavy atom. The van der Waals surface area contributed by atoms with E-state index in [0.29, 0.717) is 6.42 Å². The maximum atomic E-state index is 8.88. The Bertz CT molecular complexity index is 117. The van der Waals surface area contributed by atoms with Gasteiger partial charge in [-0.25, -0.2) is 0 Å². The average molecular weight is 129 g/mol. The standard InChI is InChI=1S/C5H11N3O/c1-3-5(4(2)9)7-8-6/h4-5,9H,3H2,1-2H3. The van der Waals surface area contributed by atoms with Crippen molar-refractivity contribution in [3.05, 3.63) is 10.4 Å². The highest BCUT2D eigenvalue weighted by Gasteiger charge is 2.08. The van der Waals surface area contributed by atoms with Crippen molar-refractivity contribution in [2.24, 2.45) is 5.11 Å². The van der Waals surface area contributed by atoms with Crippen LogP contribution in [0.15, 0.2) is 5.11 Å². The van der Waals surface area contributed by atoms with Crippen LogP contribution in [0.5, 0.6) is 0 Å². The van der Waals surface area contributed by atoms with Crippen LogP contribution in [0.4, 0.5) is 0 Å². The molecular formula is C5H11N3O. The number of rotatable bonds is 3. The van der Waals surface area contributed by atoms with E-state index in [-0.39, 0.29) is 6.04 Å². The number of nitrogens with zero attached hydrogens (tertiary/aromatic N) is 3. The molecule has 0 aromatic carbocycles. The van der Waals surface area contributed by atoms with E-state index in [2.05, 4.69) is 10.0 Å². The maximum Gasteiger partial charge on any atom is 0.0628 e. The lowest BCUT2D eigenvalue weighted by molar-refractivity contribution is 0.161. The summed E-state index contributed by atoms with van der Waals surface area (Å²) in [5, 5.41) is 12.3. The van der Waals surface area contributed by atoms with Gasteiger partial charge in [-0.2, -0.15) is 0 Å². The Labute approximate surface area is 54.1 Å². The molecule has 0 fully saturated rings. The molecule has 0 aliphatic heterocycles. The summed E-state index contributed by atoms with van der Waals surface area (Å²) in [6.07, 6.45) is 0.146. The van der Waals surface area contributed by atoms with E-state index >= 15 is 0 Å². The van der Waals surface area contributed by atoms with E-state index in [1.54, 1.807) is 6.92 Å². The summed E-state index contributed by atoms with van der Waals surface area (Å²) >= 11 is 0. The van der Waals surface area contributed by atoms with Crippen LogP contribution in [-0.4, -0.2) is 17.3 Å². The van der Waals surface area contributed by atoms with Gasteiger partial charge in [0, 0.05) is 4.91 Å². The van der Waals surface area contributed by atoms with Gasteiger partial charge in [-0.05, 0) is 18.9 Å². The summed E-state index contributed by atoms with van der Waals surface area (Å²) in [4.78, 5) is 2.59. The van der Waals surface area contributed by atoms with Gasteiger partial charge in [0.25, 0.3) is 0 Å². The van der Waals surface area contributed by atoms with Gasteiger partial charge in [-0.15, -0.1) is 0 Å². The van der Waals surface area contributed by atoms with Gasteiger partial charge in [0.1, 0.15) is 0 Å². The first kappa shape index (κ1) is 8.27. The van der Waals surface area contributed by atoms with Crippen molar-refractivity contribution in [2.75, 3.05) is 0 Å². The van der Waals surface area contributed by atoms with Crippen molar-refractivity contribution < 1.29 is 5.11 Å². The van der Waals surface area contributed by atoms with Crippen LogP contribution in [0.2, 0.25) is 0 Å². The molecule has 4 nitrogen and oxygen atoms in total. The Balaban J connectivity index is 3.82. The lowest BCUT2D eigenvalue weighted by Gasteiger charge is -2.09. The van der Waals surface area contributed by atoms with Gasteiger partial charge < -0.3 is 5.11 Å². The molecule has 0 rings (SSSR count). The fourth-order valence-corrected chi connectivity index (χ4v) is 0.586. The highest BCUT2D eigenvalue weighted by atomic mass is 16.3. The minimum atomic E-state index is -0.536. The number of azide groups is 1. The van der Waals surface area contributed by atoms with E-state index in [9.17, 15) is 0 Å². The molecule has 0 aromatic rings. The van der Waals surface area contributed by atoms with E-state index in [1.807, 2.05) is 6.92 Å². The predicted molar refractivity (Wildman–Crippen MR) is 34.9 cm³/mol. The molecule has 0 heterocycles. The molecule has 2 atom stereocenters. The normalized spacial score (nSPS) is 15.9. The zero-order chi connectivity index (χ0) is 7.28. The van der Waals surface area contributed by atoms with Crippen molar-refractivity contribution in [3.63, 3.8) is 0 Å². The van der Waals surface area contributed by atoms with Crippen molar-refractivity contribution in [3.8, 4) is 0 Å². The largest absolute Gasteiger partial charge is 0.393 e. The van der Waals surface area contributed by atoms with Gasteiger partial charge in [0.05, 0.1) is 12.1 Å². The molecule has 1 N–H and O–H groups in total. The third-order valence-electron chi connectivity index (χ3n) is 1.18. The predicted octanol–water partition coefficient (Wildman–Crippen LogP) is 1.46. The van der Waals surface area contributed by atoms with E-state index in [1.165, 1.54) is 0 Å². The number of hydrogen-bond acceptors (Lipinski definition) is 2. The van der Waals surface area contributed by atoms with Gasteiger partial charge in [0.15, 0.2) is 0 Å². The molecule has 9 heavy (non-hydrogen) atoms. The van der Waals surface area contributed by atoms with Crippen molar-refractivity contribution >= 4 is 0 Å². The topological polar surface area (TPSA) is 69.0 Å². The second-order valence-electron chi connectivity index (χ2n) is 1.92. The quantitative estimate of drug-likeness (QED) is 0.349. The molecule has 0 aromatic heterocycles. The minimum Gasteiger partial charge on any atom is -0.393 e. The maximum absolute atomic E-state index is 8.88. The van der Waals surface area contributed by atoms with Gasteiger partial charge >= 0.3 is 0 Å². The molecule has 0 aliphatic rings. The lowest BCUT2D eigenvalue weighted by Crippen LogP contribution is -2.18. The third kappa shape index (κ3) is 2.95. The molecular weight excluding hydrogens is 118 g/mol. The molecule has 0 spiro atoms. The van der Waals surface area contributed by atoms with Crippen LogP contribution >= 0.6 is 0 Å². The molecule has 4 heteroatoms. The average Bonchev–Trinajstić information content (AvgIpc) is 1.82. The summed E-state index contributed by atoms with van der Waals surface area (Å²) in [7, 11) is 0. The lowest BCUT2D eigenvalue weighted by atomic mass is 10.1. The highest BCUT2D eigenvalue weighted by molar-refractivity contribution is 4.69. The Morgan fingerprint density at radius 1 is 1.78 bits per heavy atom. The molecule has 2 unspecified atom stereocenters. The first-order chi connectivity index (χ1) is 4.22. The SMILES string of the molecule is CCC(N=[N+]=[N-])C(C)O. The van der Waals surface area contributed by atoms with Crippen LogP contribution < -0.4 is 0 Å². The molecule has 0 radical (unpaired) electrons. The number of hydrogen-bond donors (Lipinski definition) is 1. The second kappa shape index (κ2) is 4.18. The summed E-state index contributed by atoms with van der Waals surface area (Å²) in [5.41, 5.74) is 7.96. The summed E-state index contributed by atoms with van der Waals surface area (Å²) in [5.74, 6) is 0. The summed E-state index contributed by atoms with van der Waals surface area (Å²) in [6, 6.07) is -0.269. The van der Waals surface area contributed by atoms with Crippen molar-refractivity contribution in [2.45, 2.75) is 32.4 Å². The van der Waals surface area contributed by atoms with Crippen LogP contribution in [0, 0.1) is 0 Å². The summed E-state index contributed by atoms with van der Waals surface area (Å²) < 4.78 is 0. The van der Waals surface area contributed by atoms with Gasteiger partial charge in [-0.3, -0.25) is 0 Å². The Hall–Kier alpha value is -0.730. The van der Waals surface area contributed by atoms with Crippen LogP contribution in [0.1, 0.15) is 20.3 Å².